The summed E-state index contributed by atoms with van der Waals surface area (Å²) in [5.74, 6) is 1.30. The van der Waals surface area contributed by atoms with Crippen molar-refractivity contribution < 1.29 is 4.79 Å². The molecule has 25 heavy (non-hydrogen) atoms. The van der Waals surface area contributed by atoms with Crippen LogP contribution in [-0.2, 0) is 0 Å². The van der Waals surface area contributed by atoms with Crippen LogP contribution in [0.1, 0.15) is 23.3 Å². The lowest BCUT2D eigenvalue weighted by molar-refractivity contribution is 0.0982. The summed E-state index contributed by atoms with van der Waals surface area (Å²) in [4.78, 5) is 25.9. The Morgan fingerprint density at radius 3 is 2.76 bits per heavy atom. The van der Waals surface area contributed by atoms with Crippen LogP contribution in [0.4, 0.5) is 11.4 Å². The normalized spacial score (nSPS) is 17.0. The van der Waals surface area contributed by atoms with Crippen LogP contribution < -0.4 is 9.80 Å². The number of hydrogen-bond donors (Lipinski definition) is 0. The van der Waals surface area contributed by atoms with E-state index >= 15 is 0 Å². The van der Waals surface area contributed by atoms with Crippen LogP contribution in [0.5, 0.6) is 0 Å². The second-order valence-electron chi connectivity index (χ2n) is 6.79. The van der Waals surface area contributed by atoms with Gasteiger partial charge < -0.3 is 9.80 Å². The molecule has 5 rings (SSSR count). The predicted octanol–water partition coefficient (Wildman–Crippen LogP) is 2.61. The Kier molecular flexibility index (Phi) is 3.23. The smallest absolute Gasteiger partial charge is 0.278 e. The SMILES string of the molecule is O=C(c1cn2cccnc2n1)N1CCN(CC2CC2)c2ccccc21. The molecule has 0 bridgehead atoms. The molecule has 2 aliphatic rings. The van der Waals surface area contributed by atoms with Gasteiger partial charge in [0.2, 0.25) is 5.78 Å². The molecule has 1 aliphatic carbocycles. The average Bonchev–Trinajstić information content (AvgIpc) is 3.36. The Morgan fingerprint density at radius 1 is 1.12 bits per heavy atom. The van der Waals surface area contributed by atoms with Crippen LogP contribution in [-0.4, -0.2) is 39.9 Å². The Balaban J connectivity index is 1.49. The molecule has 0 saturated heterocycles. The molecule has 3 aromatic rings. The number of hydrogen-bond acceptors (Lipinski definition) is 4. The summed E-state index contributed by atoms with van der Waals surface area (Å²) in [6.07, 6.45) is 7.95. The van der Waals surface area contributed by atoms with Gasteiger partial charge in [0.25, 0.3) is 5.91 Å². The fraction of sp³-hybridized carbons (Fsp3) is 0.316. The first-order valence-electron chi connectivity index (χ1n) is 8.75. The van der Waals surface area contributed by atoms with Crippen molar-refractivity contribution in [2.75, 3.05) is 29.4 Å². The van der Waals surface area contributed by atoms with Gasteiger partial charge >= 0.3 is 0 Å². The fourth-order valence-corrected chi connectivity index (χ4v) is 3.51. The minimum atomic E-state index is -0.0657. The van der Waals surface area contributed by atoms with Crippen LogP contribution in [0.25, 0.3) is 5.78 Å². The average molecular weight is 333 g/mol. The zero-order valence-corrected chi connectivity index (χ0v) is 13.9. The topological polar surface area (TPSA) is 53.7 Å². The number of aromatic nitrogens is 3. The minimum absolute atomic E-state index is 0.0657. The summed E-state index contributed by atoms with van der Waals surface area (Å²) >= 11 is 0. The number of benzene rings is 1. The monoisotopic (exact) mass is 333 g/mol. The van der Waals surface area contributed by atoms with Gasteiger partial charge in [-0.05, 0) is 37.0 Å². The largest absolute Gasteiger partial charge is 0.368 e. The van der Waals surface area contributed by atoms with E-state index in [0.29, 0.717) is 18.0 Å². The maximum Gasteiger partial charge on any atom is 0.278 e. The highest BCUT2D eigenvalue weighted by molar-refractivity contribution is 6.07. The van der Waals surface area contributed by atoms with E-state index in [9.17, 15) is 4.79 Å². The Hall–Kier alpha value is -2.89. The van der Waals surface area contributed by atoms with Crippen molar-refractivity contribution in [2.45, 2.75) is 12.8 Å². The number of fused-ring (bicyclic) bond motifs is 2. The molecule has 0 radical (unpaired) electrons. The number of carbonyl (C=O) groups is 1. The molecule has 0 N–H and O–H groups in total. The van der Waals surface area contributed by atoms with E-state index in [4.69, 9.17) is 0 Å². The lowest BCUT2D eigenvalue weighted by Gasteiger charge is -2.37. The van der Waals surface area contributed by atoms with Gasteiger partial charge in [-0.3, -0.25) is 9.20 Å². The molecule has 1 aliphatic heterocycles. The van der Waals surface area contributed by atoms with Crippen LogP contribution in [0.2, 0.25) is 0 Å². The summed E-state index contributed by atoms with van der Waals surface area (Å²) in [5.41, 5.74) is 2.56. The standard InChI is InChI=1S/C19H19N5O/c25-18(15-13-23-9-3-8-20-19(23)21-15)24-11-10-22(12-14-6-7-14)16-4-1-2-5-17(16)24/h1-5,8-9,13-14H,6-7,10-12H2. The lowest BCUT2D eigenvalue weighted by atomic mass is 10.1. The summed E-state index contributed by atoms with van der Waals surface area (Å²) in [6.45, 7) is 2.64. The molecule has 1 aromatic carbocycles. The second-order valence-corrected chi connectivity index (χ2v) is 6.79. The minimum Gasteiger partial charge on any atom is -0.368 e. The third-order valence-corrected chi connectivity index (χ3v) is 4.98. The van der Waals surface area contributed by atoms with Crippen LogP contribution in [0.15, 0.2) is 48.9 Å². The Morgan fingerprint density at radius 2 is 1.96 bits per heavy atom. The molecule has 0 spiro atoms. The van der Waals surface area contributed by atoms with E-state index in [-0.39, 0.29) is 5.91 Å². The Labute approximate surface area is 145 Å². The van der Waals surface area contributed by atoms with Crippen molar-refractivity contribution >= 4 is 23.1 Å². The molecular formula is C19H19N5O. The van der Waals surface area contributed by atoms with Crippen molar-refractivity contribution in [3.63, 3.8) is 0 Å². The van der Waals surface area contributed by atoms with Crippen molar-refractivity contribution in [1.29, 1.82) is 0 Å². The van der Waals surface area contributed by atoms with Crippen LogP contribution in [0, 0.1) is 5.92 Å². The molecule has 1 fully saturated rings. The molecule has 1 saturated carbocycles. The van der Waals surface area contributed by atoms with E-state index in [1.807, 2.05) is 35.4 Å². The van der Waals surface area contributed by atoms with E-state index in [0.717, 1.165) is 30.4 Å². The maximum atomic E-state index is 13.1. The van der Waals surface area contributed by atoms with Gasteiger partial charge in [-0.1, -0.05) is 12.1 Å². The van der Waals surface area contributed by atoms with E-state index in [1.54, 1.807) is 16.8 Å². The first-order valence-corrected chi connectivity index (χ1v) is 8.75. The summed E-state index contributed by atoms with van der Waals surface area (Å²) < 4.78 is 1.78. The fourth-order valence-electron chi connectivity index (χ4n) is 3.51. The number of anilines is 2. The number of imidazole rings is 1. The van der Waals surface area contributed by atoms with E-state index in [1.165, 1.54) is 12.8 Å². The van der Waals surface area contributed by atoms with Gasteiger partial charge in [0, 0.05) is 38.2 Å². The van der Waals surface area contributed by atoms with Gasteiger partial charge in [0.05, 0.1) is 11.4 Å². The summed E-state index contributed by atoms with van der Waals surface area (Å²) in [6, 6.07) is 10.0. The summed E-state index contributed by atoms with van der Waals surface area (Å²) in [5, 5.41) is 0. The quantitative estimate of drug-likeness (QED) is 0.739. The number of nitrogens with zero attached hydrogens (tertiary/aromatic N) is 5. The number of carbonyl (C=O) groups excluding carboxylic acids is 1. The number of amides is 1. The predicted molar refractivity (Wildman–Crippen MR) is 96.0 cm³/mol. The van der Waals surface area contributed by atoms with Gasteiger partial charge in [0.15, 0.2) is 0 Å². The maximum absolute atomic E-state index is 13.1. The zero-order chi connectivity index (χ0) is 16.8. The molecule has 2 aromatic heterocycles. The molecule has 3 heterocycles. The van der Waals surface area contributed by atoms with Gasteiger partial charge in [-0.2, -0.15) is 0 Å². The highest BCUT2D eigenvalue weighted by Crippen LogP contribution is 2.37. The van der Waals surface area contributed by atoms with Crippen molar-refractivity contribution in [3.05, 3.63) is 54.6 Å². The zero-order valence-electron chi connectivity index (χ0n) is 13.9. The first kappa shape index (κ1) is 14.5. The van der Waals surface area contributed by atoms with Crippen molar-refractivity contribution in [3.8, 4) is 0 Å². The van der Waals surface area contributed by atoms with E-state index in [2.05, 4.69) is 20.9 Å². The van der Waals surface area contributed by atoms with Crippen molar-refractivity contribution in [2.24, 2.45) is 5.92 Å². The molecule has 1 amide bonds. The van der Waals surface area contributed by atoms with Crippen LogP contribution in [0.3, 0.4) is 0 Å². The third kappa shape index (κ3) is 2.54. The number of para-hydroxylation sites is 2. The lowest BCUT2D eigenvalue weighted by Crippen LogP contribution is -2.44. The van der Waals surface area contributed by atoms with Gasteiger partial charge in [-0.15, -0.1) is 0 Å². The molecule has 6 heteroatoms. The molecule has 6 nitrogen and oxygen atoms in total. The highest BCUT2D eigenvalue weighted by Gasteiger charge is 2.31. The number of rotatable bonds is 3. The Bertz CT molecular complexity index is 913. The third-order valence-electron chi connectivity index (χ3n) is 4.98. The van der Waals surface area contributed by atoms with Crippen LogP contribution >= 0.6 is 0 Å². The van der Waals surface area contributed by atoms with E-state index < -0.39 is 0 Å². The molecular weight excluding hydrogens is 314 g/mol. The second kappa shape index (κ2) is 5.58. The first-order chi connectivity index (χ1) is 12.3. The highest BCUT2D eigenvalue weighted by atomic mass is 16.2. The molecule has 126 valence electrons. The van der Waals surface area contributed by atoms with Crippen molar-refractivity contribution in [1.82, 2.24) is 14.4 Å². The summed E-state index contributed by atoms with van der Waals surface area (Å²) in [7, 11) is 0. The van der Waals surface area contributed by atoms with Gasteiger partial charge in [0.1, 0.15) is 5.69 Å². The molecule has 0 atom stereocenters. The van der Waals surface area contributed by atoms with Gasteiger partial charge in [-0.25, -0.2) is 9.97 Å². The molecule has 0 unspecified atom stereocenters.